The molecule has 326 valence electrons. The highest BCUT2D eigenvalue weighted by atomic mass is 16.5. The third-order valence-corrected chi connectivity index (χ3v) is 9.90. The molecule has 0 aliphatic rings. The number of aromatic nitrogens is 1. The minimum atomic E-state index is -1.63. The lowest BCUT2D eigenvalue weighted by Gasteiger charge is -2.31. The van der Waals surface area contributed by atoms with Gasteiger partial charge in [-0.2, -0.15) is 0 Å². The number of urea groups is 1. The van der Waals surface area contributed by atoms with E-state index < -0.39 is 72.3 Å². The predicted molar refractivity (Wildman–Crippen MR) is 229 cm³/mol. The zero-order chi connectivity index (χ0) is 44.5. The summed E-state index contributed by atoms with van der Waals surface area (Å²) in [7, 11) is 1.23. The molecule has 0 aliphatic heterocycles. The van der Waals surface area contributed by atoms with Crippen molar-refractivity contribution in [3.05, 3.63) is 102 Å². The summed E-state index contributed by atoms with van der Waals surface area (Å²) >= 11 is 0. The van der Waals surface area contributed by atoms with Crippen molar-refractivity contribution in [1.29, 1.82) is 0 Å². The molecule has 0 saturated carbocycles. The number of carboxylic acids is 1. The Balaban J connectivity index is 1.56. The van der Waals surface area contributed by atoms with E-state index in [1.807, 2.05) is 57.2 Å². The van der Waals surface area contributed by atoms with Crippen LogP contribution in [0.2, 0.25) is 0 Å². The second-order valence-electron chi connectivity index (χ2n) is 15.2. The van der Waals surface area contributed by atoms with E-state index in [2.05, 4.69) is 31.6 Å². The minimum Gasteiger partial charge on any atom is -0.481 e. The number of hydrogen-bond acceptors (Lipinski definition) is 8. The number of aromatic amines is 1. The molecular formula is C44H56N8O9. The van der Waals surface area contributed by atoms with Crippen molar-refractivity contribution in [2.75, 3.05) is 25.5 Å². The zero-order valence-electron chi connectivity index (χ0n) is 34.9. The topological polar surface area (TPSA) is 254 Å². The molecule has 9 N–H and O–H groups in total. The number of anilines is 1. The molecule has 0 spiro atoms. The molecule has 4 aromatic rings. The molecule has 7 amide bonds. The summed E-state index contributed by atoms with van der Waals surface area (Å²) in [5.74, 6) is -4.76. The normalized spacial score (nSPS) is 12.9. The molecule has 0 unspecified atom stereocenters. The number of nitrogens with zero attached hydrogens (tertiary/aromatic N) is 1. The molecule has 3 aromatic carbocycles. The summed E-state index contributed by atoms with van der Waals surface area (Å²) < 4.78 is 5.33. The van der Waals surface area contributed by atoms with E-state index in [1.54, 1.807) is 48.7 Å². The van der Waals surface area contributed by atoms with Crippen molar-refractivity contribution in [2.45, 2.75) is 83.5 Å². The monoisotopic (exact) mass is 840 g/mol. The van der Waals surface area contributed by atoms with Crippen LogP contribution in [-0.4, -0.2) is 101 Å². The third-order valence-electron chi connectivity index (χ3n) is 9.90. The first kappa shape index (κ1) is 46.8. The highest BCUT2D eigenvalue weighted by molar-refractivity contribution is 5.97. The van der Waals surface area contributed by atoms with Crippen molar-refractivity contribution in [2.24, 2.45) is 11.7 Å². The summed E-state index contributed by atoms with van der Waals surface area (Å²) in [4.78, 5) is 96.5. The number of para-hydroxylation sites is 2. The Hall–Kier alpha value is -6.91. The predicted octanol–water partition coefficient (Wildman–Crippen LogP) is 3.76. The van der Waals surface area contributed by atoms with Crippen molar-refractivity contribution >= 4 is 58.3 Å². The maximum absolute atomic E-state index is 14.4. The van der Waals surface area contributed by atoms with E-state index in [1.165, 1.54) is 7.05 Å². The fraction of sp³-hybridized carbons (Fsp3) is 0.386. The number of carbonyl (C=O) groups is 7. The van der Waals surface area contributed by atoms with Crippen molar-refractivity contribution in [1.82, 2.24) is 31.2 Å². The van der Waals surface area contributed by atoms with E-state index in [0.29, 0.717) is 23.2 Å². The number of primary amides is 1. The Morgan fingerprint density at radius 2 is 1.48 bits per heavy atom. The lowest BCUT2D eigenvalue weighted by Crippen LogP contribution is -2.59. The van der Waals surface area contributed by atoms with Crippen LogP contribution in [0.4, 0.5) is 15.3 Å². The Labute approximate surface area is 354 Å². The molecule has 0 fully saturated rings. The number of carboxylic acid groups (broad SMARTS) is 1. The van der Waals surface area contributed by atoms with E-state index in [0.717, 1.165) is 21.4 Å². The quantitative estimate of drug-likeness (QED) is 0.0536. The largest absolute Gasteiger partial charge is 0.481 e. The van der Waals surface area contributed by atoms with Crippen LogP contribution in [0.3, 0.4) is 0 Å². The lowest BCUT2D eigenvalue weighted by atomic mass is 10.0. The van der Waals surface area contributed by atoms with Gasteiger partial charge < -0.3 is 52.0 Å². The van der Waals surface area contributed by atoms with Gasteiger partial charge >= 0.3 is 18.1 Å². The summed E-state index contributed by atoms with van der Waals surface area (Å²) in [6, 6.07) is 17.6. The van der Waals surface area contributed by atoms with Gasteiger partial charge in [0.25, 0.3) is 0 Å². The molecular weight excluding hydrogens is 785 g/mol. The summed E-state index contributed by atoms with van der Waals surface area (Å²) in [6.07, 6.45) is 0.691. The van der Waals surface area contributed by atoms with E-state index in [-0.39, 0.29) is 44.8 Å². The van der Waals surface area contributed by atoms with Gasteiger partial charge in [-0.25, -0.2) is 9.59 Å². The first-order valence-electron chi connectivity index (χ1n) is 20.1. The zero-order valence-corrected chi connectivity index (χ0v) is 34.9. The SMILES string of the molecule is Cc1ccccc1NC(=O)NCCCC[C@H](NC(=O)[C@H](Cc1c[nH]c2ccccc12)NC(=O)OCC(C)C)C(=O)N(C)[C@@H](CC(=O)O)C(=O)N[C@@H](Cc1ccccc1)C(N)=O. The third kappa shape index (κ3) is 14.7. The maximum atomic E-state index is 14.4. The van der Waals surface area contributed by atoms with E-state index in [4.69, 9.17) is 10.5 Å². The Morgan fingerprint density at radius 1 is 0.803 bits per heavy atom. The number of aryl methyl sites for hydroxylation is 1. The molecule has 4 rings (SSSR count). The van der Waals surface area contributed by atoms with Crippen LogP contribution >= 0.6 is 0 Å². The van der Waals surface area contributed by atoms with Gasteiger partial charge in [-0.1, -0.05) is 80.6 Å². The number of benzene rings is 3. The molecule has 4 atom stereocenters. The number of nitrogens with one attached hydrogen (secondary N) is 6. The van der Waals surface area contributed by atoms with E-state index in [9.17, 15) is 38.7 Å². The van der Waals surface area contributed by atoms with Crippen LogP contribution in [0.15, 0.2) is 85.1 Å². The number of hydrogen-bond donors (Lipinski definition) is 8. The highest BCUT2D eigenvalue weighted by Crippen LogP contribution is 2.20. The smallest absolute Gasteiger partial charge is 0.407 e. The van der Waals surface area contributed by atoms with E-state index >= 15 is 0 Å². The first-order chi connectivity index (χ1) is 29.1. The number of likely N-dealkylation sites (N-methyl/N-ethyl adjacent to an activating group) is 1. The average molecular weight is 841 g/mol. The number of aliphatic carboxylic acids is 1. The molecule has 1 aromatic heterocycles. The summed E-state index contributed by atoms with van der Waals surface area (Å²) in [5.41, 5.74) is 9.33. The number of H-pyrrole nitrogens is 1. The molecule has 1 heterocycles. The van der Waals surface area contributed by atoms with Gasteiger partial charge in [-0.15, -0.1) is 0 Å². The number of ether oxygens (including phenoxy) is 1. The molecule has 0 saturated heterocycles. The van der Waals surface area contributed by atoms with Gasteiger partial charge in [0.15, 0.2) is 0 Å². The van der Waals surface area contributed by atoms with Gasteiger partial charge in [-0.05, 0) is 60.9 Å². The number of rotatable bonds is 22. The lowest BCUT2D eigenvalue weighted by molar-refractivity contribution is -0.147. The van der Waals surface area contributed by atoms with Crippen LogP contribution in [0.5, 0.6) is 0 Å². The van der Waals surface area contributed by atoms with Gasteiger partial charge in [0.2, 0.25) is 23.6 Å². The molecule has 17 heteroatoms. The standard InChI is InChI=1S/C44H56N8O9/c1-27(2)26-61-44(60)51-36(23-30-25-47-33-19-11-9-17-31(30)33)40(56)48-34(20-12-13-21-46-43(59)50-32-18-10-8-14-28(32)3)42(58)52(4)37(24-38(53)54)41(57)49-35(39(45)55)22-29-15-6-5-7-16-29/h5-11,14-19,25,27,34-37,47H,12-13,20-24,26H2,1-4H3,(H2,45,55)(H,48,56)(H,49,57)(H,51,60)(H,53,54)(H2,46,50,59)/t34-,35-,36-,37-/m0/s1. The van der Waals surface area contributed by atoms with Gasteiger partial charge in [0.1, 0.15) is 24.2 Å². The number of fused-ring (bicyclic) bond motifs is 1. The number of alkyl carbamates (subject to hydrolysis) is 1. The first-order valence-corrected chi connectivity index (χ1v) is 20.1. The summed E-state index contributed by atoms with van der Waals surface area (Å²) in [5, 5.41) is 24.1. The van der Waals surface area contributed by atoms with Gasteiger partial charge in [0.05, 0.1) is 13.0 Å². The van der Waals surface area contributed by atoms with Crippen LogP contribution in [0.25, 0.3) is 10.9 Å². The number of unbranched alkanes of at least 4 members (excludes halogenated alkanes) is 1. The van der Waals surface area contributed by atoms with Gasteiger partial charge in [0, 0.05) is 49.2 Å². The summed E-state index contributed by atoms with van der Waals surface area (Å²) in [6.45, 7) is 5.87. The fourth-order valence-electron chi connectivity index (χ4n) is 6.55. The van der Waals surface area contributed by atoms with Crippen LogP contribution < -0.4 is 32.3 Å². The van der Waals surface area contributed by atoms with Crippen LogP contribution in [0, 0.1) is 12.8 Å². The molecule has 0 aliphatic carbocycles. The minimum absolute atomic E-state index is 0.00323. The number of nitrogens with two attached hydrogens (primary N) is 1. The van der Waals surface area contributed by atoms with Crippen molar-refractivity contribution < 1.29 is 43.4 Å². The van der Waals surface area contributed by atoms with Crippen molar-refractivity contribution in [3.8, 4) is 0 Å². The molecule has 61 heavy (non-hydrogen) atoms. The Morgan fingerprint density at radius 3 is 2.16 bits per heavy atom. The number of carbonyl (C=O) groups excluding carboxylic acids is 6. The number of amides is 7. The highest BCUT2D eigenvalue weighted by Gasteiger charge is 2.36. The van der Waals surface area contributed by atoms with Crippen molar-refractivity contribution in [3.63, 3.8) is 0 Å². The molecule has 0 radical (unpaired) electrons. The second kappa shape index (κ2) is 23.0. The average Bonchev–Trinajstić information content (AvgIpc) is 3.64. The maximum Gasteiger partial charge on any atom is 0.407 e. The fourth-order valence-corrected chi connectivity index (χ4v) is 6.55. The van der Waals surface area contributed by atoms with Gasteiger partial charge in [-0.3, -0.25) is 24.0 Å². The van der Waals surface area contributed by atoms with Crippen LogP contribution in [-0.2, 0) is 41.6 Å². The second-order valence-corrected chi connectivity index (χ2v) is 15.2. The Kier molecular flexibility index (Phi) is 17.7. The Bertz CT molecular complexity index is 2140. The molecule has 17 nitrogen and oxygen atoms in total. The van der Waals surface area contributed by atoms with Crippen LogP contribution in [0.1, 0.15) is 56.2 Å². The molecule has 0 bridgehead atoms.